The fourth-order valence-electron chi connectivity index (χ4n) is 3.56. The number of rotatable bonds is 8. The summed E-state index contributed by atoms with van der Waals surface area (Å²) in [5.41, 5.74) is 1.86. The summed E-state index contributed by atoms with van der Waals surface area (Å²) < 4.78 is 44.7. The summed E-state index contributed by atoms with van der Waals surface area (Å²) in [6.07, 6.45) is 11.6. The molecule has 0 saturated heterocycles. The molecule has 0 atom stereocenters. The minimum absolute atomic E-state index is 0.103. The first kappa shape index (κ1) is 22.6. The number of halogens is 3. The average Bonchev–Trinajstić information content (AvgIpc) is 2.79. The number of benzene rings is 3. The molecule has 0 radical (unpaired) electrons. The highest BCUT2D eigenvalue weighted by Gasteiger charge is 2.17. The van der Waals surface area contributed by atoms with Gasteiger partial charge in [0.2, 0.25) is 0 Å². The van der Waals surface area contributed by atoms with Crippen molar-refractivity contribution >= 4 is 22.4 Å². The minimum Gasteiger partial charge on any atom is -0.206 e. The molecule has 0 saturated carbocycles. The van der Waals surface area contributed by atoms with Gasteiger partial charge in [-0.3, -0.25) is 0 Å². The molecule has 0 aliphatic heterocycles. The summed E-state index contributed by atoms with van der Waals surface area (Å²) in [7, 11) is 0. The average molecular weight is 421 g/mol. The summed E-state index contributed by atoms with van der Waals surface area (Å²) in [6.45, 7) is 3.93. The van der Waals surface area contributed by atoms with Crippen LogP contribution in [0.2, 0.25) is 0 Å². The Hall–Kier alpha value is -3.07. The third-order valence-corrected chi connectivity index (χ3v) is 5.33. The molecule has 0 amide bonds. The molecule has 0 fully saturated rings. The monoisotopic (exact) mass is 420 g/mol. The predicted molar refractivity (Wildman–Crippen MR) is 126 cm³/mol. The molecule has 3 aromatic carbocycles. The van der Waals surface area contributed by atoms with Crippen LogP contribution in [0.5, 0.6) is 0 Å². The summed E-state index contributed by atoms with van der Waals surface area (Å²) in [6, 6.07) is 15.0. The van der Waals surface area contributed by atoms with Gasteiger partial charge in [0.15, 0.2) is 11.7 Å². The molecule has 3 rings (SSSR count). The van der Waals surface area contributed by atoms with E-state index in [-0.39, 0.29) is 16.5 Å². The van der Waals surface area contributed by atoms with Crippen LogP contribution in [0.15, 0.2) is 78.9 Å². The van der Waals surface area contributed by atoms with Gasteiger partial charge >= 0.3 is 0 Å². The molecule has 0 aliphatic carbocycles. The van der Waals surface area contributed by atoms with Crippen LogP contribution in [-0.4, -0.2) is 0 Å². The number of hydrogen-bond donors (Lipinski definition) is 0. The molecule has 0 unspecified atom stereocenters. The number of fused-ring (bicyclic) bond motifs is 1. The van der Waals surface area contributed by atoms with Gasteiger partial charge in [0.05, 0.1) is 0 Å². The second-order valence-electron chi connectivity index (χ2n) is 7.52. The topological polar surface area (TPSA) is 0 Å². The molecular formula is C28H27F3. The van der Waals surface area contributed by atoms with E-state index in [0.717, 1.165) is 36.8 Å². The van der Waals surface area contributed by atoms with E-state index >= 15 is 4.39 Å². The van der Waals surface area contributed by atoms with Gasteiger partial charge in [-0.25, -0.2) is 13.2 Å². The van der Waals surface area contributed by atoms with E-state index in [2.05, 4.69) is 12.2 Å². The van der Waals surface area contributed by atoms with Gasteiger partial charge < -0.3 is 0 Å². The van der Waals surface area contributed by atoms with Gasteiger partial charge in [-0.1, -0.05) is 72.8 Å². The standard InChI is InChI=1S/C28H27F3/c1-3-5-7-9-20-11-14-22(15-12-20)26(29)28(31)25-18-16-23-19-21(10-8-6-4-2)13-17-24(23)27(25)30/h3-6,11-19H,7-10H2,1-2H3/b5-3+,6-4+,28-26?. The van der Waals surface area contributed by atoms with Crippen LogP contribution in [0.25, 0.3) is 22.4 Å². The third-order valence-electron chi connectivity index (χ3n) is 5.33. The van der Waals surface area contributed by atoms with Crippen molar-refractivity contribution in [3.05, 3.63) is 107 Å². The molecule has 3 aromatic rings. The summed E-state index contributed by atoms with van der Waals surface area (Å²) in [4.78, 5) is 0. The van der Waals surface area contributed by atoms with E-state index in [4.69, 9.17) is 0 Å². The second kappa shape index (κ2) is 10.8. The Bertz CT molecular complexity index is 1120. The van der Waals surface area contributed by atoms with E-state index in [1.165, 1.54) is 18.2 Å². The van der Waals surface area contributed by atoms with Crippen molar-refractivity contribution < 1.29 is 13.2 Å². The van der Waals surface area contributed by atoms with Crippen LogP contribution in [0.3, 0.4) is 0 Å². The van der Waals surface area contributed by atoms with Gasteiger partial charge in [0.25, 0.3) is 0 Å². The molecular weight excluding hydrogens is 393 g/mol. The lowest BCUT2D eigenvalue weighted by Gasteiger charge is -2.09. The number of allylic oxidation sites excluding steroid dienone is 4. The highest BCUT2D eigenvalue weighted by molar-refractivity contribution is 5.91. The van der Waals surface area contributed by atoms with Crippen molar-refractivity contribution in [2.45, 2.75) is 39.5 Å². The molecule has 0 heterocycles. The normalized spacial score (nSPS) is 12.8. The zero-order chi connectivity index (χ0) is 22.2. The molecule has 31 heavy (non-hydrogen) atoms. The highest BCUT2D eigenvalue weighted by atomic mass is 19.2. The fourth-order valence-corrected chi connectivity index (χ4v) is 3.56. The summed E-state index contributed by atoms with van der Waals surface area (Å²) >= 11 is 0. The van der Waals surface area contributed by atoms with E-state index < -0.39 is 17.5 Å². The van der Waals surface area contributed by atoms with Crippen molar-refractivity contribution in [3.8, 4) is 0 Å². The third kappa shape index (κ3) is 5.55. The zero-order valence-electron chi connectivity index (χ0n) is 18.0. The quantitative estimate of drug-likeness (QED) is 0.252. The van der Waals surface area contributed by atoms with Crippen LogP contribution in [0.1, 0.15) is 48.9 Å². The van der Waals surface area contributed by atoms with Crippen molar-refractivity contribution in [2.24, 2.45) is 0 Å². The van der Waals surface area contributed by atoms with E-state index in [1.54, 1.807) is 24.3 Å². The first-order valence-corrected chi connectivity index (χ1v) is 10.6. The summed E-state index contributed by atoms with van der Waals surface area (Å²) in [5, 5.41) is 0.965. The Labute approximate surface area is 182 Å². The van der Waals surface area contributed by atoms with Crippen LogP contribution in [-0.2, 0) is 12.8 Å². The number of aryl methyl sites for hydroxylation is 2. The van der Waals surface area contributed by atoms with Gasteiger partial charge in [-0.15, -0.1) is 0 Å². The van der Waals surface area contributed by atoms with Crippen LogP contribution in [0, 0.1) is 5.82 Å². The molecule has 0 aliphatic rings. The van der Waals surface area contributed by atoms with Gasteiger partial charge in [0, 0.05) is 16.5 Å². The van der Waals surface area contributed by atoms with Gasteiger partial charge in [-0.2, -0.15) is 0 Å². The lowest BCUT2D eigenvalue weighted by molar-refractivity contribution is 0.622. The zero-order valence-corrected chi connectivity index (χ0v) is 18.0. The fraction of sp³-hybridized carbons (Fsp3) is 0.214. The summed E-state index contributed by atoms with van der Waals surface area (Å²) in [5.74, 6) is -2.98. The lowest BCUT2D eigenvalue weighted by atomic mass is 9.99. The first-order valence-electron chi connectivity index (χ1n) is 10.6. The Morgan fingerprint density at radius 2 is 1.35 bits per heavy atom. The van der Waals surface area contributed by atoms with Crippen LogP contribution >= 0.6 is 0 Å². The predicted octanol–water partition coefficient (Wildman–Crippen LogP) is 8.76. The van der Waals surface area contributed by atoms with Crippen LogP contribution < -0.4 is 0 Å². The first-order chi connectivity index (χ1) is 15.0. The molecule has 160 valence electrons. The van der Waals surface area contributed by atoms with E-state index in [1.807, 2.05) is 38.1 Å². The van der Waals surface area contributed by atoms with Gasteiger partial charge in [0.1, 0.15) is 5.82 Å². The SMILES string of the molecule is C/C=C/CCc1ccc(C(F)=C(F)c2ccc3cc(CC/C=C/C)ccc3c2F)cc1. The molecule has 0 nitrogen and oxygen atoms in total. The smallest absolute Gasteiger partial charge is 0.169 e. The maximum atomic E-state index is 15.0. The highest BCUT2D eigenvalue weighted by Crippen LogP contribution is 2.33. The molecule has 3 heteroatoms. The largest absolute Gasteiger partial charge is 0.206 e. The number of hydrogen-bond acceptors (Lipinski definition) is 0. The maximum Gasteiger partial charge on any atom is 0.169 e. The molecule has 0 N–H and O–H groups in total. The van der Waals surface area contributed by atoms with Gasteiger partial charge in [-0.05, 0) is 62.1 Å². The van der Waals surface area contributed by atoms with E-state index in [0.29, 0.717) is 5.39 Å². The van der Waals surface area contributed by atoms with E-state index in [9.17, 15) is 8.78 Å². The minimum atomic E-state index is -1.18. The van der Waals surface area contributed by atoms with Crippen molar-refractivity contribution in [1.29, 1.82) is 0 Å². The maximum absolute atomic E-state index is 15.0. The molecule has 0 spiro atoms. The molecule has 0 aromatic heterocycles. The van der Waals surface area contributed by atoms with Crippen molar-refractivity contribution in [3.63, 3.8) is 0 Å². The van der Waals surface area contributed by atoms with Crippen molar-refractivity contribution in [1.82, 2.24) is 0 Å². The lowest BCUT2D eigenvalue weighted by Crippen LogP contribution is -1.93. The Kier molecular flexibility index (Phi) is 7.88. The Morgan fingerprint density at radius 1 is 0.742 bits per heavy atom. The Morgan fingerprint density at radius 3 is 2.00 bits per heavy atom. The Balaban J connectivity index is 1.87. The van der Waals surface area contributed by atoms with Crippen LogP contribution in [0.4, 0.5) is 13.2 Å². The van der Waals surface area contributed by atoms with Crippen molar-refractivity contribution in [2.75, 3.05) is 0 Å². The second-order valence-corrected chi connectivity index (χ2v) is 7.52. The molecule has 0 bridgehead atoms.